The average molecular weight is 399 g/mol. The molecule has 1 saturated carbocycles. The first kappa shape index (κ1) is 18.9. The van der Waals surface area contributed by atoms with E-state index in [1.165, 1.54) is 30.6 Å². The summed E-state index contributed by atoms with van der Waals surface area (Å²) in [6.07, 6.45) is 5.84. The molecule has 0 radical (unpaired) electrons. The van der Waals surface area contributed by atoms with E-state index < -0.39 is 0 Å². The summed E-state index contributed by atoms with van der Waals surface area (Å²) in [7, 11) is 0. The number of nitrogens with one attached hydrogen (secondary N) is 1. The van der Waals surface area contributed by atoms with Crippen molar-refractivity contribution in [2.24, 2.45) is 0 Å². The van der Waals surface area contributed by atoms with Gasteiger partial charge in [0.2, 0.25) is 0 Å². The third-order valence-corrected chi connectivity index (χ3v) is 6.42. The summed E-state index contributed by atoms with van der Waals surface area (Å²) in [4.78, 5) is 33.4. The Bertz CT molecular complexity index is 809. The predicted octanol–water partition coefficient (Wildman–Crippen LogP) is 3.61. The standard InChI is InChI=1S/C21H26N4O2S/c26-20(18-15-28-19(23-18)16-7-3-1-4-8-16)24-11-13-25(14-12-24)21(27)22-17-9-5-2-6-10-17/h1,3-4,7-8,15,17H,2,5-6,9-14H2,(H,22,27). The van der Waals surface area contributed by atoms with Crippen LogP contribution in [0.1, 0.15) is 42.6 Å². The van der Waals surface area contributed by atoms with Crippen LogP contribution in [0.4, 0.5) is 4.79 Å². The van der Waals surface area contributed by atoms with Crippen molar-refractivity contribution in [1.29, 1.82) is 0 Å². The van der Waals surface area contributed by atoms with Gasteiger partial charge >= 0.3 is 6.03 Å². The van der Waals surface area contributed by atoms with Crippen molar-refractivity contribution < 1.29 is 9.59 Å². The first-order chi connectivity index (χ1) is 13.7. The number of nitrogens with zero attached hydrogens (tertiary/aromatic N) is 3. The number of aromatic nitrogens is 1. The van der Waals surface area contributed by atoms with Gasteiger partial charge in [0.05, 0.1) is 0 Å². The molecule has 2 aliphatic rings. The van der Waals surface area contributed by atoms with Gasteiger partial charge in [0.1, 0.15) is 10.7 Å². The maximum Gasteiger partial charge on any atom is 0.317 e. The normalized spacial score (nSPS) is 18.1. The summed E-state index contributed by atoms with van der Waals surface area (Å²) in [6, 6.07) is 10.2. The Morgan fingerprint density at radius 3 is 2.36 bits per heavy atom. The number of thiazole rings is 1. The second-order valence-corrected chi connectivity index (χ2v) is 8.33. The van der Waals surface area contributed by atoms with Crippen molar-refractivity contribution in [3.05, 3.63) is 41.4 Å². The zero-order valence-electron chi connectivity index (χ0n) is 16.0. The van der Waals surface area contributed by atoms with E-state index in [0.717, 1.165) is 23.4 Å². The van der Waals surface area contributed by atoms with Gasteiger partial charge in [-0.2, -0.15) is 0 Å². The third-order valence-electron chi connectivity index (χ3n) is 5.53. The fraction of sp³-hybridized carbons (Fsp3) is 0.476. The van der Waals surface area contributed by atoms with Gasteiger partial charge in [-0.3, -0.25) is 4.79 Å². The van der Waals surface area contributed by atoms with Crippen LogP contribution in [0, 0.1) is 0 Å². The SMILES string of the molecule is O=C(NC1CCCCC1)N1CCN(C(=O)c2csc(-c3ccccc3)n2)CC1. The highest BCUT2D eigenvalue weighted by Crippen LogP contribution is 2.24. The van der Waals surface area contributed by atoms with Crippen molar-refractivity contribution in [1.82, 2.24) is 20.1 Å². The molecule has 1 aromatic heterocycles. The number of hydrogen-bond donors (Lipinski definition) is 1. The zero-order valence-corrected chi connectivity index (χ0v) is 16.8. The van der Waals surface area contributed by atoms with E-state index in [4.69, 9.17) is 0 Å². The Morgan fingerprint density at radius 2 is 1.64 bits per heavy atom. The number of hydrogen-bond acceptors (Lipinski definition) is 4. The van der Waals surface area contributed by atoms with Crippen LogP contribution in [0.2, 0.25) is 0 Å². The van der Waals surface area contributed by atoms with E-state index in [0.29, 0.717) is 37.9 Å². The molecular formula is C21H26N4O2S. The van der Waals surface area contributed by atoms with Gasteiger partial charge < -0.3 is 15.1 Å². The summed E-state index contributed by atoms with van der Waals surface area (Å²) in [5.74, 6) is -0.0502. The molecule has 1 saturated heterocycles. The van der Waals surface area contributed by atoms with Crippen LogP contribution in [0.5, 0.6) is 0 Å². The second kappa shape index (κ2) is 8.73. The monoisotopic (exact) mass is 398 g/mol. The Morgan fingerprint density at radius 1 is 0.964 bits per heavy atom. The first-order valence-electron chi connectivity index (χ1n) is 10.1. The molecule has 28 heavy (non-hydrogen) atoms. The molecule has 2 heterocycles. The van der Waals surface area contributed by atoms with Crippen LogP contribution < -0.4 is 5.32 Å². The molecule has 0 atom stereocenters. The lowest BCUT2D eigenvalue weighted by atomic mass is 9.96. The second-order valence-electron chi connectivity index (χ2n) is 7.47. The van der Waals surface area contributed by atoms with Crippen molar-refractivity contribution in [2.75, 3.05) is 26.2 Å². The summed E-state index contributed by atoms with van der Waals surface area (Å²) >= 11 is 1.49. The van der Waals surface area contributed by atoms with Crippen LogP contribution in [0.3, 0.4) is 0 Å². The number of urea groups is 1. The molecule has 4 rings (SSSR count). The van der Waals surface area contributed by atoms with Crippen molar-refractivity contribution in [3.63, 3.8) is 0 Å². The molecule has 3 amide bonds. The Labute approximate surface area is 169 Å². The molecule has 6 nitrogen and oxygen atoms in total. The van der Waals surface area contributed by atoms with E-state index in [1.54, 1.807) is 4.90 Å². The molecular weight excluding hydrogens is 372 g/mol. The maximum atomic E-state index is 12.8. The molecule has 1 aliphatic heterocycles. The van der Waals surface area contributed by atoms with Gasteiger partial charge in [0, 0.05) is 43.2 Å². The van der Waals surface area contributed by atoms with Gasteiger partial charge in [-0.25, -0.2) is 9.78 Å². The molecule has 1 aliphatic carbocycles. The molecule has 1 aromatic carbocycles. The minimum Gasteiger partial charge on any atom is -0.335 e. The lowest BCUT2D eigenvalue weighted by Crippen LogP contribution is -2.54. The number of carbonyl (C=O) groups is 2. The van der Waals surface area contributed by atoms with E-state index in [-0.39, 0.29) is 11.9 Å². The van der Waals surface area contributed by atoms with E-state index in [1.807, 2.05) is 40.6 Å². The molecule has 0 unspecified atom stereocenters. The van der Waals surface area contributed by atoms with Gasteiger partial charge in [0.15, 0.2) is 0 Å². The van der Waals surface area contributed by atoms with E-state index in [2.05, 4.69) is 10.3 Å². The number of rotatable bonds is 3. The molecule has 2 aromatic rings. The Kier molecular flexibility index (Phi) is 5.90. The highest BCUT2D eigenvalue weighted by atomic mass is 32.1. The molecule has 7 heteroatoms. The van der Waals surface area contributed by atoms with Crippen molar-refractivity contribution in [2.45, 2.75) is 38.1 Å². The fourth-order valence-corrected chi connectivity index (χ4v) is 4.67. The number of piperazine rings is 1. The topological polar surface area (TPSA) is 65.5 Å². The van der Waals surface area contributed by atoms with Crippen molar-refractivity contribution in [3.8, 4) is 10.6 Å². The number of benzene rings is 1. The smallest absolute Gasteiger partial charge is 0.317 e. The number of carbonyl (C=O) groups excluding carboxylic acids is 2. The average Bonchev–Trinajstić information content (AvgIpc) is 3.25. The molecule has 0 spiro atoms. The van der Waals surface area contributed by atoms with Gasteiger partial charge in [-0.15, -0.1) is 11.3 Å². The Balaban J connectivity index is 1.30. The lowest BCUT2D eigenvalue weighted by molar-refractivity contribution is 0.0657. The van der Waals surface area contributed by atoms with Crippen molar-refractivity contribution >= 4 is 23.3 Å². The highest BCUT2D eigenvalue weighted by molar-refractivity contribution is 7.13. The minimum absolute atomic E-state index is 0.0130. The molecule has 2 fully saturated rings. The van der Waals surface area contributed by atoms with Crippen LogP contribution in [-0.2, 0) is 0 Å². The summed E-state index contributed by atoms with van der Waals surface area (Å²) in [5.41, 5.74) is 1.51. The van der Waals surface area contributed by atoms with Gasteiger partial charge in [0.25, 0.3) is 5.91 Å². The molecule has 148 valence electrons. The van der Waals surface area contributed by atoms with Crippen LogP contribution in [0.25, 0.3) is 10.6 Å². The van der Waals surface area contributed by atoms with Gasteiger partial charge in [-0.05, 0) is 12.8 Å². The minimum atomic E-state index is -0.0502. The lowest BCUT2D eigenvalue weighted by Gasteiger charge is -2.35. The first-order valence-corrected chi connectivity index (χ1v) is 10.9. The maximum absolute atomic E-state index is 12.8. The van der Waals surface area contributed by atoms with E-state index >= 15 is 0 Å². The van der Waals surface area contributed by atoms with E-state index in [9.17, 15) is 9.59 Å². The van der Waals surface area contributed by atoms with Crippen LogP contribution >= 0.6 is 11.3 Å². The predicted molar refractivity (Wildman–Crippen MR) is 110 cm³/mol. The summed E-state index contributed by atoms with van der Waals surface area (Å²) < 4.78 is 0. The highest BCUT2D eigenvalue weighted by Gasteiger charge is 2.27. The quantitative estimate of drug-likeness (QED) is 0.859. The van der Waals surface area contributed by atoms with Gasteiger partial charge in [-0.1, -0.05) is 49.6 Å². The molecule has 1 N–H and O–H groups in total. The molecule has 0 bridgehead atoms. The third kappa shape index (κ3) is 4.35. The Hall–Kier alpha value is -2.41. The largest absolute Gasteiger partial charge is 0.335 e. The zero-order chi connectivity index (χ0) is 19.3. The van der Waals surface area contributed by atoms with Crippen LogP contribution in [-0.4, -0.2) is 58.9 Å². The van der Waals surface area contributed by atoms with Crippen LogP contribution in [0.15, 0.2) is 35.7 Å². The summed E-state index contributed by atoms with van der Waals surface area (Å²) in [5, 5.41) is 5.84. The summed E-state index contributed by atoms with van der Waals surface area (Å²) in [6.45, 7) is 2.24. The number of amides is 3. The fourth-order valence-electron chi connectivity index (χ4n) is 3.87.